The highest BCUT2D eigenvalue weighted by atomic mass is 16.5. The van der Waals surface area contributed by atoms with Crippen molar-refractivity contribution in [3.63, 3.8) is 0 Å². The second-order valence-corrected chi connectivity index (χ2v) is 7.13. The number of aliphatic imine (C=N–C) groups is 1. The van der Waals surface area contributed by atoms with Crippen molar-refractivity contribution < 1.29 is 4.74 Å². The van der Waals surface area contributed by atoms with Crippen LogP contribution in [0.2, 0.25) is 0 Å². The molecule has 2 N–H and O–H groups in total. The van der Waals surface area contributed by atoms with E-state index in [0.717, 1.165) is 57.4 Å². The van der Waals surface area contributed by atoms with Crippen LogP contribution in [0, 0.1) is 5.92 Å². The van der Waals surface area contributed by atoms with Crippen molar-refractivity contribution >= 4 is 11.9 Å². The molecule has 9 nitrogen and oxygen atoms in total. The quantitative estimate of drug-likeness (QED) is 0.604. The summed E-state index contributed by atoms with van der Waals surface area (Å²) in [4.78, 5) is 17.7. The Morgan fingerprint density at radius 1 is 1.21 bits per heavy atom. The van der Waals surface area contributed by atoms with E-state index in [2.05, 4.69) is 31.8 Å². The minimum Gasteiger partial charge on any atom is -0.372 e. The normalized spacial score (nSPS) is 23.4. The molecule has 2 atom stereocenters. The summed E-state index contributed by atoms with van der Waals surface area (Å²) in [6, 6.07) is 3.88. The van der Waals surface area contributed by atoms with Crippen molar-refractivity contribution in [3.05, 3.63) is 36.4 Å². The molecule has 0 spiro atoms. The second-order valence-electron chi connectivity index (χ2n) is 7.13. The fourth-order valence-corrected chi connectivity index (χ4v) is 3.90. The molecule has 2 aliphatic rings. The summed E-state index contributed by atoms with van der Waals surface area (Å²) in [6.45, 7) is 7.69. The van der Waals surface area contributed by atoms with Gasteiger partial charge >= 0.3 is 0 Å². The molecule has 4 rings (SSSR count). The van der Waals surface area contributed by atoms with E-state index in [4.69, 9.17) is 15.5 Å². The zero-order chi connectivity index (χ0) is 19.3. The van der Waals surface area contributed by atoms with Crippen LogP contribution in [0.25, 0.3) is 0 Å². The first-order valence-corrected chi connectivity index (χ1v) is 9.96. The second kappa shape index (κ2) is 8.55. The highest BCUT2D eigenvalue weighted by Gasteiger charge is 2.32. The van der Waals surface area contributed by atoms with E-state index in [0.29, 0.717) is 18.4 Å². The van der Waals surface area contributed by atoms with E-state index in [1.54, 1.807) is 12.4 Å². The van der Waals surface area contributed by atoms with Gasteiger partial charge in [-0.3, -0.25) is 9.67 Å². The van der Waals surface area contributed by atoms with Crippen LogP contribution in [0.1, 0.15) is 25.1 Å². The maximum Gasteiger partial charge on any atom is 0.225 e. The summed E-state index contributed by atoms with van der Waals surface area (Å²) in [5.74, 6) is 1.72. The number of nitrogens with zero attached hydrogens (tertiary/aromatic N) is 7. The highest BCUT2D eigenvalue weighted by Crippen LogP contribution is 2.34. The van der Waals surface area contributed by atoms with Crippen LogP contribution in [-0.4, -0.2) is 69.9 Å². The third-order valence-corrected chi connectivity index (χ3v) is 5.48. The van der Waals surface area contributed by atoms with Crippen LogP contribution in [0.3, 0.4) is 0 Å². The summed E-state index contributed by atoms with van der Waals surface area (Å²) in [5, 5.41) is 4.37. The largest absolute Gasteiger partial charge is 0.372 e. The third kappa shape index (κ3) is 3.94. The Kier molecular flexibility index (Phi) is 5.70. The number of rotatable bonds is 5. The number of hydrogen-bond donors (Lipinski definition) is 1. The smallest absolute Gasteiger partial charge is 0.225 e. The third-order valence-electron chi connectivity index (χ3n) is 5.48. The molecule has 9 heteroatoms. The monoisotopic (exact) mass is 384 g/mol. The van der Waals surface area contributed by atoms with Gasteiger partial charge < -0.3 is 20.3 Å². The van der Waals surface area contributed by atoms with Crippen LogP contribution in [0.5, 0.6) is 0 Å². The standard InChI is InChI=1S/C19H28N8O/c1-2-27-16(4-8-24-27)17-15(5-13-28-17)14-23-18(20)25-9-11-26(12-10-25)19-21-6-3-7-22-19/h3-4,6-8,15,17H,2,5,9-14H2,1H3,(H2,20,23)/t15-,17+/m0/s1. The summed E-state index contributed by atoms with van der Waals surface area (Å²) >= 11 is 0. The minimum absolute atomic E-state index is 0.0473. The van der Waals surface area contributed by atoms with Gasteiger partial charge in [0.05, 0.1) is 5.69 Å². The van der Waals surface area contributed by atoms with E-state index >= 15 is 0 Å². The van der Waals surface area contributed by atoms with Crippen LogP contribution in [-0.2, 0) is 11.3 Å². The fourth-order valence-electron chi connectivity index (χ4n) is 3.90. The van der Waals surface area contributed by atoms with Crippen LogP contribution >= 0.6 is 0 Å². The summed E-state index contributed by atoms with van der Waals surface area (Å²) < 4.78 is 7.99. The number of nitrogens with two attached hydrogens (primary N) is 1. The molecule has 0 amide bonds. The minimum atomic E-state index is 0.0473. The van der Waals surface area contributed by atoms with Gasteiger partial charge in [0.1, 0.15) is 6.10 Å². The Bertz CT molecular complexity index is 784. The molecule has 0 radical (unpaired) electrons. The van der Waals surface area contributed by atoms with Gasteiger partial charge in [-0.15, -0.1) is 0 Å². The molecule has 0 aromatic carbocycles. The molecular weight excluding hydrogens is 356 g/mol. The Morgan fingerprint density at radius 3 is 2.75 bits per heavy atom. The van der Waals surface area contributed by atoms with Gasteiger partial charge in [0.15, 0.2) is 5.96 Å². The molecular formula is C19H28N8O. The number of guanidine groups is 1. The number of anilines is 1. The number of ether oxygens (including phenoxy) is 1. The molecule has 2 fully saturated rings. The molecule has 2 aromatic rings. The van der Waals surface area contributed by atoms with E-state index in [-0.39, 0.29) is 6.10 Å². The predicted octanol–water partition coefficient (Wildman–Crippen LogP) is 0.908. The van der Waals surface area contributed by atoms with Crippen LogP contribution in [0.4, 0.5) is 5.95 Å². The number of piperazine rings is 1. The summed E-state index contributed by atoms with van der Waals surface area (Å²) in [5.41, 5.74) is 7.43. The Labute approximate surface area is 165 Å². The molecule has 2 saturated heterocycles. The lowest BCUT2D eigenvalue weighted by molar-refractivity contribution is 0.0850. The Balaban J connectivity index is 1.33. The molecule has 150 valence electrons. The van der Waals surface area contributed by atoms with Gasteiger partial charge in [-0.05, 0) is 25.5 Å². The molecule has 4 heterocycles. The first-order valence-electron chi connectivity index (χ1n) is 9.96. The molecule has 2 aliphatic heterocycles. The van der Waals surface area contributed by atoms with Crippen molar-refractivity contribution in [2.45, 2.75) is 26.0 Å². The summed E-state index contributed by atoms with van der Waals surface area (Å²) in [6.07, 6.45) is 6.43. The van der Waals surface area contributed by atoms with Crippen LogP contribution in [0.15, 0.2) is 35.7 Å². The van der Waals surface area contributed by atoms with E-state index in [1.807, 2.05) is 23.0 Å². The lowest BCUT2D eigenvalue weighted by Crippen LogP contribution is -2.51. The zero-order valence-corrected chi connectivity index (χ0v) is 16.3. The van der Waals surface area contributed by atoms with Crippen molar-refractivity contribution in [1.29, 1.82) is 0 Å². The van der Waals surface area contributed by atoms with Crippen LogP contribution < -0.4 is 10.6 Å². The van der Waals surface area contributed by atoms with Crippen molar-refractivity contribution in [2.75, 3.05) is 44.2 Å². The van der Waals surface area contributed by atoms with E-state index in [9.17, 15) is 0 Å². The lowest BCUT2D eigenvalue weighted by Gasteiger charge is -2.35. The Morgan fingerprint density at radius 2 is 2.00 bits per heavy atom. The number of aromatic nitrogens is 4. The van der Waals surface area contributed by atoms with Gasteiger partial charge in [0.25, 0.3) is 0 Å². The zero-order valence-electron chi connectivity index (χ0n) is 16.3. The van der Waals surface area contributed by atoms with Gasteiger partial charge in [-0.2, -0.15) is 5.10 Å². The predicted molar refractivity (Wildman–Crippen MR) is 107 cm³/mol. The molecule has 0 bridgehead atoms. The fraction of sp³-hybridized carbons (Fsp3) is 0.579. The maximum absolute atomic E-state index is 6.30. The number of hydrogen-bond acceptors (Lipinski definition) is 6. The van der Waals surface area contributed by atoms with Gasteiger partial charge in [-0.25, -0.2) is 9.97 Å². The molecule has 0 aliphatic carbocycles. The molecule has 0 saturated carbocycles. The number of aryl methyl sites for hydroxylation is 1. The van der Waals surface area contributed by atoms with E-state index < -0.39 is 0 Å². The van der Waals surface area contributed by atoms with Crippen molar-refractivity contribution in [3.8, 4) is 0 Å². The Hall–Kier alpha value is -2.68. The first-order chi connectivity index (χ1) is 13.8. The highest BCUT2D eigenvalue weighted by molar-refractivity contribution is 5.78. The first kappa shape index (κ1) is 18.7. The molecule has 28 heavy (non-hydrogen) atoms. The SMILES string of the molecule is CCn1nccc1[C@@H]1OCC[C@H]1CN=C(N)N1CCN(c2ncccn2)CC1. The van der Waals surface area contributed by atoms with E-state index in [1.165, 1.54) is 0 Å². The molecule has 2 aromatic heterocycles. The van der Waals surface area contributed by atoms with Crippen molar-refractivity contribution in [2.24, 2.45) is 16.6 Å². The maximum atomic E-state index is 6.30. The summed E-state index contributed by atoms with van der Waals surface area (Å²) in [7, 11) is 0. The topological polar surface area (TPSA) is 97.7 Å². The molecule has 0 unspecified atom stereocenters. The average Bonchev–Trinajstić information content (AvgIpc) is 3.41. The van der Waals surface area contributed by atoms with Gasteiger partial charge in [0, 0.05) is 70.4 Å². The van der Waals surface area contributed by atoms with Gasteiger partial charge in [-0.1, -0.05) is 0 Å². The van der Waals surface area contributed by atoms with Crippen molar-refractivity contribution in [1.82, 2.24) is 24.6 Å². The lowest BCUT2D eigenvalue weighted by atomic mass is 9.99. The average molecular weight is 384 g/mol. The van der Waals surface area contributed by atoms with Gasteiger partial charge in [0.2, 0.25) is 5.95 Å².